The molecule has 0 heterocycles. The number of hydrogen-bond acceptors (Lipinski definition) is 3. The molecule has 0 aromatic rings. The van der Waals surface area contributed by atoms with E-state index in [1.54, 1.807) is 6.08 Å². The Balaban J connectivity index is 2.70. The van der Waals surface area contributed by atoms with Crippen molar-refractivity contribution in [2.24, 2.45) is 5.41 Å². The summed E-state index contributed by atoms with van der Waals surface area (Å²) in [5.74, 6) is -0.154. The summed E-state index contributed by atoms with van der Waals surface area (Å²) in [6.07, 6.45) is 6.30. The van der Waals surface area contributed by atoms with Crippen molar-refractivity contribution in [2.45, 2.75) is 38.7 Å². The first-order valence-electron chi connectivity index (χ1n) is 5.01. The van der Waals surface area contributed by atoms with Gasteiger partial charge in [0.25, 0.3) is 0 Å². The largest absolute Gasteiger partial charge is 0.469 e. The van der Waals surface area contributed by atoms with Crippen LogP contribution in [0.25, 0.3) is 0 Å². The number of allylic oxidation sites excluding steroid dienone is 1. The number of carbonyl (C=O) groups is 1. The van der Waals surface area contributed by atoms with Gasteiger partial charge in [0.1, 0.15) is 0 Å². The lowest BCUT2D eigenvalue weighted by Crippen LogP contribution is -2.29. The van der Waals surface area contributed by atoms with Crippen LogP contribution in [0.5, 0.6) is 0 Å². The second-order valence-electron chi connectivity index (χ2n) is 4.14. The predicted octanol–water partition coefficient (Wildman–Crippen LogP) is 1.66. The van der Waals surface area contributed by atoms with E-state index in [0.29, 0.717) is 6.42 Å². The molecule has 0 saturated heterocycles. The molecule has 0 amide bonds. The van der Waals surface area contributed by atoms with Crippen molar-refractivity contribution >= 4 is 5.97 Å². The van der Waals surface area contributed by atoms with E-state index in [1.807, 2.05) is 13.0 Å². The van der Waals surface area contributed by atoms with Crippen molar-refractivity contribution in [2.75, 3.05) is 7.11 Å². The van der Waals surface area contributed by atoms with Gasteiger partial charge in [-0.15, -0.1) is 0 Å². The van der Waals surface area contributed by atoms with Crippen LogP contribution in [0.4, 0.5) is 0 Å². The maximum atomic E-state index is 11.5. The summed E-state index contributed by atoms with van der Waals surface area (Å²) < 4.78 is 4.78. The number of esters is 1. The van der Waals surface area contributed by atoms with Gasteiger partial charge in [-0.25, -0.2) is 0 Å². The SMILES string of the molecule is COC(=O)C1(C)CC=CC(O)CCC1. The molecule has 3 nitrogen and oxygen atoms in total. The number of rotatable bonds is 1. The standard InChI is InChI=1S/C11H18O3/c1-11(10(13)14-2)7-3-5-9(12)6-4-8-11/h3,5,9,12H,4,6-8H2,1-2H3. The van der Waals surface area contributed by atoms with Crippen LogP contribution in [0.15, 0.2) is 12.2 Å². The summed E-state index contributed by atoms with van der Waals surface area (Å²) in [5.41, 5.74) is -0.411. The number of carbonyl (C=O) groups excluding carboxylic acids is 1. The molecule has 1 N–H and O–H groups in total. The Kier molecular flexibility index (Phi) is 3.69. The van der Waals surface area contributed by atoms with E-state index in [0.717, 1.165) is 19.3 Å². The molecule has 1 rings (SSSR count). The quantitative estimate of drug-likeness (QED) is 0.515. The van der Waals surface area contributed by atoms with Crippen LogP contribution in [0.3, 0.4) is 0 Å². The molecule has 14 heavy (non-hydrogen) atoms. The maximum Gasteiger partial charge on any atom is 0.311 e. The van der Waals surface area contributed by atoms with Crippen molar-refractivity contribution in [3.05, 3.63) is 12.2 Å². The third-order valence-corrected chi connectivity index (χ3v) is 2.83. The highest BCUT2D eigenvalue weighted by atomic mass is 16.5. The average molecular weight is 198 g/mol. The molecule has 0 aromatic carbocycles. The van der Waals surface area contributed by atoms with Gasteiger partial charge < -0.3 is 9.84 Å². The van der Waals surface area contributed by atoms with Crippen molar-refractivity contribution in [3.63, 3.8) is 0 Å². The Bertz CT molecular complexity index is 235. The molecule has 0 aromatic heterocycles. The number of methoxy groups -OCH3 is 1. The minimum atomic E-state index is -0.411. The maximum absolute atomic E-state index is 11.5. The van der Waals surface area contributed by atoms with Crippen LogP contribution in [0.2, 0.25) is 0 Å². The summed E-state index contributed by atoms with van der Waals surface area (Å²) in [4.78, 5) is 11.5. The Morgan fingerprint density at radius 1 is 1.64 bits per heavy atom. The first-order chi connectivity index (χ1) is 6.58. The van der Waals surface area contributed by atoms with E-state index in [4.69, 9.17) is 4.74 Å². The zero-order valence-corrected chi connectivity index (χ0v) is 8.82. The molecule has 2 unspecified atom stereocenters. The molecule has 3 heteroatoms. The zero-order chi connectivity index (χ0) is 10.6. The number of aliphatic hydroxyl groups is 1. The Labute approximate surface area is 84.8 Å². The smallest absolute Gasteiger partial charge is 0.311 e. The van der Waals surface area contributed by atoms with Crippen molar-refractivity contribution in [3.8, 4) is 0 Å². The molecule has 0 saturated carbocycles. The predicted molar refractivity (Wildman–Crippen MR) is 53.7 cm³/mol. The van der Waals surface area contributed by atoms with Gasteiger partial charge in [-0.2, -0.15) is 0 Å². The van der Waals surface area contributed by atoms with Crippen LogP contribution >= 0.6 is 0 Å². The highest BCUT2D eigenvalue weighted by Crippen LogP contribution is 2.32. The molecule has 0 aliphatic heterocycles. The van der Waals surface area contributed by atoms with Crippen LogP contribution in [-0.4, -0.2) is 24.3 Å². The topological polar surface area (TPSA) is 46.5 Å². The minimum Gasteiger partial charge on any atom is -0.469 e. The summed E-state index contributed by atoms with van der Waals surface area (Å²) in [7, 11) is 1.42. The van der Waals surface area contributed by atoms with Gasteiger partial charge in [0.2, 0.25) is 0 Å². The van der Waals surface area contributed by atoms with Gasteiger partial charge >= 0.3 is 5.97 Å². The molecule has 0 fully saturated rings. The van der Waals surface area contributed by atoms with Crippen molar-refractivity contribution in [1.29, 1.82) is 0 Å². The molecular weight excluding hydrogens is 180 g/mol. The van der Waals surface area contributed by atoms with Gasteiger partial charge in [-0.05, 0) is 32.6 Å². The van der Waals surface area contributed by atoms with Gasteiger partial charge in [0.15, 0.2) is 0 Å². The molecule has 0 spiro atoms. The summed E-state index contributed by atoms with van der Waals surface area (Å²) >= 11 is 0. The van der Waals surface area contributed by atoms with Gasteiger partial charge in [0, 0.05) is 0 Å². The number of ether oxygens (including phenoxy) is 1. The summed E-state index contributed by atoms with van der Waals surface area (Å²) in [6, 6.07) is 0. The van der Waals surface area contributed by atoms with E-state index in [2.05, 4.69) is 0 Å². The van der Waals surface area contributed by atoms with Crippen molar-refractivity contribution < 1.29 is 14.6 Å². The van der Waals surface area contributed by atoms with E-state index in [1.165, 1.54) is 7.11 Å². The van der Waals surface area contributed by atoms with Gasteiger partial charge in [0.05, 0.1) is 18.6 Å². The molecule has 0 radical (unpaired) electrons. The first kappa shape index (κ1) is 11.2. The fourth-order valence-electron chi connectivity index (χ4n) is 1.82. The Morgan fingerprint density at radius 2 is 2.36 bits per heavy atom. The lowest BCUT2D eigenvalue weighted by molar-refractivity contribution is -0.152. The fourth-order valence-corrected chi connectivity index (χ4v) is 1.82. The van der Waals surface area contributed by atoms with E-state index < -0.39 is 5.41 Å². The van der Waals surface area contributed by atoms with Crippen LogP contribution in [0.1, 0.15) is 32.6 Å². The third-order valence-electron chi connectivity index (χ3n) is 2.83. The lowest BCUT2D eigenvalue weighted by atomic mass is 9.80. The molecular formula is C11H18O3. The summed E-state index contributed by atoms with van der Waals surface area (Å²) in [5, 5.41) is 9.38. The van der Waals surface area contributed by atoms with E-state index >= 15 is 0 Å². The second-order valence-corrected chi connectivity index (χ2v) is 4.14. The molecule has 80 valence electrons. The third kappa shape index (κ3) is 2.58. The molecule has 1 aliphatic carbocycles. The Hall–Kier alpha value is -0.830. The highest BCUT2D eigenvalue weighted by molar-refractivity contribution is 5.76. The van der Waals surface area contributed by atoms with Crippen LogP contribution in [-0.2, 0) is 9.53 Å². The van der Waals surface area contributed by atoms with Gasteiger partial charge in [-0.1, -0.05) is 12.2 Å². The number of aliphatic hydroxyl groups excluding tert-OH is 1. The number of hydrogen-bond donors (Lipinski definition) is 1. The summed E-state index contributed by atoms with van der Waals surface area (Å²) in [6.45, 7) is 1.92. The van der Waals surface area contributed by atoms with Crippen molar-refractivity contribution in [1.82, 2.24) is 0 Å². The van der Waals surface area contributed by atoms with Crippen LogP contribution in [0, 0.1) is 5.41 Å². The monoisotopic (exact) mass is 198 g/mol. The van der Waals surface area contributed by atoms with Crippen LogP contribution < -0.4 is 0 Å². The molecule has 2 atom stereocenters. The zero-order valence-electron chi connectivity index (χ0n) is 8.82. The van der Waals surface area contributed by atoms with Gasteiger partial charge in [-0.3, -0.25) is 4.79 Å². The molecule has 0 bridgehead atoms. The molecule has 1 aliphatic rings. The second kappa shape index (κ2) is 4.60. The van der Waals surface area contributed by atoms with E-state index in [9.17, 15) is 9.90 Å². The lowest BCUT2D eigenvalue weighted by Gasteiger charge is -2.27. The highest BCUT2D eigenvalue weighted by Gasteiger charge is 2.33. The average Bonchev–Trinajstić information content (AvgIpc) is 2.14. The minimum absolute atomic E-state index is 0.154. The Morgan fingerprint density at radius 3 is 3.00 bits per heavy atom. The van der Waals surface area contributed by atoms with E-state index in [-0.39, 0.29) is 12.1 Å². The fraction of sp³-hybridized carbons (Fsp3) is 0.727. The normalized spacial score (nSPS) is 33.2. The first-order valence-corrected chi connectivity index (χ1v) is 5.01.